The zero-order chi connectivity index (χ0) is 11.3. The number of aromatic nitrogens is 1. The first kappa shape index (κ1) is 10.9. The van der Waals surface area contributed by atoms with Crippen LogP contribution in [0.5, 0.6) is 0 Å². The monoisotopic (exact) mass is 211 g/mol. The Morgan fingerprint density at radius 3 is 3.00 bits per heavy atom. The van der Waals surface area contributed by atoms with E-state index in [9.17, 15) is 14.9 Å². The third-order valence-electron chi connectivity index (χ3n) is 1.50. The lowest BCUT2D eigenvalue weighted by Crippen LogP contribution is -2.35. The Morgan fingerprint density at radius 2 is 2.47 bits per heavy atom. The number of nitrogens with one attached hydrogen (secondary N) is 1. The molecule has 1 atom stereocenters. The van der Waals surface area contributed by atoms with Crippen molar-refractivity contribution >= 4 is 5.91 Å². The minimum absolute atomic E-state index is 0.316. The molecule has 1 aromatic heterocycles. The van der Waals surface area contributed by atoms with Gasteiger partial charge < -0.3 is 5.32 Å². The van der Waals surface area contributed by atoms with E-state index in [2.05, 4.69) is 15.1 Å². The molecule has 0 saturated carbocycles. The van der Waals surface area contributed by atoms with Crippen molar-refractivity contribution in [1.29, 1.82) is 0 Å². The molecular weight excluding hydrogens is 202 g/mol. The number of amides is 1. The Balaban J connectivity index is 2.53. The van der Waals surface area contributed by atoms with E-state index in [1.165, 1.54) is 19.3 Å². The molecule has 0 aliphatic rings. The first-order valence-electron chi connectivity index (χ1n) is 4.11. The molecule has 0 saturated heterocycles. The van der Waals surface area contributed by atoms with Gasteiger partial charge in [0.1, 0.15) is 0 Å². The molecule has 80 valence electrons. The molecule has 1 N–H and O–H groups in total. The highest BCUT2D eigenvalue weighted by atomic mass is 17.0. The maximum atomic E-state index is 11.4. The van der Waals surface area contributed by atoms with Gasteiger partial charge in [0.2, 0.25) is 0 Å². The lowest BCUT2D eigenvalue weighted by atomic mass is 10.3. The van der Waals surface area contributed by atoms with Crippen molar-refractivity contribution < 1.29 is 14.7 Å². The van der Waals surface area contributed by atoms with Crippen LogP contribution < -0.4 is 5.32 Å². The second kappa shape index (κ2) is 4.89. The minimum atomic E-state index is -0.993. The summed E-state index contributed by atoms with van der Waals surface area (Å²) in [6.07, 6.45) is 1.88. The van der Waals surface area contributed by atoms with Gasteiger partial charge in [-0.15, -0.1) is 10.1 Å². The zero-order valence-corrected chi connectivity index (χ0v) is 7.91. The Hall–Kier alpha value is -2.18. The fraction of sp³-hybridized carbons (Fsp3) is 0.250. The highest BCUT2D eigenvalue weighted by molar-refractivity contribution is 5.93. The van der Waals surface area contributed by atoms with E-state index >= 15 is 0 Å². The second-order valence-corrected chi connectivity index (χ2v) is 2.69. The van der Waals surface area contributed by atoms with Crippen molar-refractivity contribution in [3.8, 4) is 0 Å². The van der Waals surface area contributed by atoms with Gasteiger partial charge in [0, 0.05) is 12.4 Å². The number of carbonyl (C=O) groups excluding carboxylic acids is 1. The van der Waals surface area contributed by atoms with Gasteiger partial charge in [-0.1, -0.05) is 0 Å². The topological polar surface area (TPSA) is 94.4 Å². The molecule has 7 nitrogen and oxygen atoms in total. The highest BCUT2D eigenvalue weighted by Crippen LogP contribution is 1.96. The second-order valence-electron chi connectivity index (χ2n) is 2.69. The summed E-state index contributed by atoms with van der Waals surface area (Å²) in [5.74, 6) is -0.475. The van der Waals surface area contributed by atoms with Crippen molar-refractivity contribution in [3.63, 3.8) is 0 Å². The summed E-state index contributed by atoms with van der Waals surface area (Å²) in [5, 5.41) is 11.3. The van der Waals surface area contributed by atoms with Gasteiger partial charge in [-0.05, 0) is 19.1 Å². The summed E-state index contributed by atoms with van der Waals surface area (Å²) in [5.41, 5.74) is 0.316. The normalized spacial score (nSPS) is 11.5. The van der Waals surface area contributed by atoms with Gasteiger partial charge in [0.25, 0.3) is 11.0 Å². The fourth-order valence-electron chi connectivity index (χ4n) is 0.920. The van der Waals surface area contributed by atoms with Crippen molar-refractivity contribution in [2.24, 2.45) is 0 Å². The molecule has 0 radical (unpaired) electrons. The molecule has 15 heavy (non-hydrogen) atoms. The van der Waals surface area contributed by atoms with Gasteiger partial charge >= 0.3 is 0 Å². The van der Waals surface area contributed by atoms with Crippen LogP contribution in [0.15, 0.2) is 24.5 Å². The minimum Gasteiger partial charge on any atom is -0.327 e. The molecule has 0 aliphatic carbocycles. The van der Waals surface area contributed by atoms with Crippen LogP contribution in [0.3, 0.4) is 0 Å². The first-order chi connectivity index (χ1) is 7.09. The first-order valence-corrected chi connectivity index (χ1v) is 4.11. The van der Waals surface area contributed by atoms with Crippen LogP contribution in [-0.4, -0.2) is 22.2 Å². The van der Waals surface area contributed by atoms with Gasteiger partial charge in [0.05, 0.1) is 5.56 Å². The van der Waals surface area contributed by atoms with E-state index in [1.807, 2.05) is 0 Å². The van der Waals surface area contributed by atoms with Gasteiger partial charge in [-0.3, -0.25) is 14.6 Å². The SMILES string of the molecule is CC(NC(=O)c1cccnc1)O[N+](=O)[O-]. The molecule has 0 spiro atoms. The van der Waals surface area contributed by atoms with E-state index in [1.54, 1.807) is 12.1 Å². The lowest BCUT2D eigenvalue weighted by Gasteiger charge is -2.10. The van der Waals surface area contributed by atoms with E-state index < -0.39 is 17.2 Å². The summed E-state index contributed by atoms with van der Waals surface area (Å²) >= 11 is 0. The third-order valence-corrected chi connectivity index (χ3v) is 1.50. The zero-order valence-electron chi connectivity index (χ0n) is 7.91. The summed E-state index contributed by atoms with van der Waals surface area (Å²) in [6, 6.07) is 3.13. The highest BCUT2D eigenvalue weighted by Gasteiger charge is 2.11. The van der Waals surface area contributed by atoms with Crippen molar-refractivity contribution in [2.75, 3.05) is 0 Å². The molecule has 1 amide bonds. The van der Waals surface area contributed by atoms with Crippen LogP contribution in [0.2, 0.25) is 0 Å². The van der Waals surface area contributed by atoms with E-state index in [0.29, 0.717) is 5.56 Å². The summed E-state index contributed by atoms with van der Waals surface area (Å²) in [4.78, 5) is 29.2. The largest absolute Gasteiger partial charge is 0.327 e. The number of hydrogen-bond acceptors (Lipinski definition) is 5. The number of hydrogen-bond donors (Lipinski definition) is 1. The molecule has 1 heterocycles. The third kappa shape index (κ3) is 3.59. The standard InChI is InChI=1S/C8H9N3O4/c1-6(15-11(13)14)10-8(12)7-3-2-4-9-5-7/h2-6H,1H3,(H,10,12). The van der Waals surface area contributed by atoms with Crippen LogP contribution in [0.25, 0.3) is 0 Å². The molecule has 1 aromatic rings. The molecule has 0 fully saturated rings. The van der Waals surface area contributed by atoms with E-state index in [0.717, 1.165) is 0 Å². The lowest BCUT2D eigenvalue weighted by molar-refractivity contribution is -0.768. The van der Waals surface area contributed by atoms with E-state index in [-0.39, 0.29) is 0 Å². The average Bonchev–Trinajstić information content (AvgIpc) is 2.17. The van der Waals surface area contributed by atoms with Gasteiger partial charge in [-0.2, -0.15) is 0 Å². The van der Waals surface area contributed by atoms with E-state index in [4.69, 9.17) is 0 Å². The smallest absolute Gasteiger partial charge is 0.296 e. The number of pyridine rings is 1. The molecule has 0 aromatic carbocycles. The van der Waals surface area contributed by atoms with Crippen LogP contribution in [0, 0.1) is 10.1 Å². The molecule has 7 heteroatoms. The number of rotatable bonds is 4. The number of nitrogens with zero attached hydrogens (tertiary/aromatic N) is 2. The van der Waals surface area contributed by atoms with Gasteiger partial charge in [0.15, 0.2) is 6.23 Å². The molecule has 1 unspecified atom stereocenters. The Morgan fingerprint density at radius 1 is 1.73 bits per heavy atom. The Bertz CT molecular complexity index is 354. The predicted molar refractivity (Wildman–Crippen MR) is 49.2 cm³/mol. The van der Waals surface area contributed by atoms with Gasteiger partial charge in [-0.25, -0.2) is 0 Å². The quantitative estimate of drug-likeness (QED) is 0.441. The fourth-order valence-corrected chi connectivity index (χ4v) is 0.920. The van der Waals surface area contributed by atoms with Crippen molar-refractivity contribution in [3.05, 3.63) is 40.2 Å². The van der Waals surface area contributed by atoms with Crippen LogP contribution in [0.4, 0.5) is 0 Å². The molecule has 0 bridgehead atoms. The maximum Gasteiger partial charge on any atom is 0.296 e. The van der Waals surface area contributed by atoms with Crippen LogP contribution >= 0.6 is 0 Å². The number of carbonyl (C=O) groups is 1. The predicted octanol–water partition coefficient (Wildman–Crippen LogP) is 0.366. The summed E-state index contributed by atoms with van der Waals surface area (Å²) < 4.78 is 0. The summed E-state index contributed by atoms with van der Waals surface area (Å²) in [7, 11) is 0. The van der Waals surface area contributed by atoms with Crippen molar-refractivity contribution in [2.45, 2.75) is 13.2 Å². The van der Waals surface area contributed by atoms with Crippen molar-refractivity contribution in [1.82, 2.24) is 10.3 Å². The molecule has 0 aliphatic heterocycles. The molecular formula is C8H9N3O4. The Kier molecular flexibility index (Phi) is 3.55. The van der Waals surface area contributed by atoms with Crippen LogP contribution in [-0.2, 0) is 4.84 Å². The van der Waals surface area contributed by atoms with Crippen LogP contribution in [0.1, 0.15) is 17.3 Å². The molecule has 1 rings (SSSR count). The maximum absolute atomic E-state index is 11.4. The Labute approximate surface area is 85.2 Å². The summed E-state index contributed by atoms with van der Waals surface area (Å²) in [6.45, 7) is 1.36. The average molecular weight is 211 g/mol.